The molecule has 6 rings (SSSR count). The minimum absolute atomic E-state index is 0.235. The van der Waals surface area contributed by atoms with Crippen LogP contribution in [-0.2, 0) is 51.3 Å². The SMILES string of the molecule is CC(/C=C/C=C1/N(CC(O)CS(=O)(=O)O)c2ccc(S(=O)(=O)O)cc2C12CCCCC2)=C\C=C\C1=[N+](CC(O)CS(=O)(=O)O)c2ccc(S(=O)(=O)O)cc2C12CCCCC2. The van der Waals surface area contributed by atoms with Gasteiger partial charge in [-0.25, -0.2) is 0 Å². The number of aliphatic hydroxyl groups is 2. The summed E-state index contributed by atoms with van der Waals surface area (Å²) in [4.78, 5) is 1.13. The summed E-state index contributed by atoms with van der Waals surface area (Å²) >= 11 is 0. The van der Waals surface area contributed by atoms with Crippen molar-refractivity contribution in [2.75, 3.05) is 29.5 Å². The molecule has 0 radical (unpaired) electrons. The Morgan fingerprint density at radius 3 is 1.82 bits per heavy atom. The second kappa shape index (κ2) is 17.3. The number of β-amino-alcohol motifs (C(OH)–C–C–N with tert-alkyl or cyclic N) is 2. The van der Waals surface area contributed by atoms with Crippen molar-refractivity contribution in [1.82, 2.24) is 0 Å². The van der Waals surface area contributed by atoms with Crippen molar-refractivity contribution in [2.45, 2.75) is 104 Å². The van der Waals surface area contributed by atoms with E-state index >= 15 is 0 Å². The van der Waals surface area contributed by atoms with Crippen LogP contribution in [0.2, 0.25) is 0 Å². The van der Waals surface area contributed by atoms with Crippen LogP contribution in [0.15, 0.2) is 93.9 Å². The Bertz CT molecular complexity index is 2620. The van der Waals surface area contributed by atoms with E-state index in [1.807, 2.05) is 31.2 Å². The van der Waals surface area contributed by atoms with E-state index in [0.29, 0.717) is 59.6 Å². The summed E-state index contributed by atoms with van der Waals surface area (Å²) in [5.41, 5.74) is 2.97. The van der Waals surface area contributed by atoms with E-state index in [2.05, 4.69) is 0 Å². The predicted molar refractivity (Wildman–Crippen MR) is 224 cm³/mol. The fourth-order valence-corrected chi connectivity index (χ4v) is 11.7. The molecule has 2 aromatic rings. The van der Waals surface area contributed by atoms with Gasteiger partial charge in [0.25, 0.3) is 40.5 Å². The summed E-state index contributed by atoms with van der Waals surface area (Å²) in [5.74, 6) is -1.84. The molecule has 2 aliphatic heterocycles. The Morgan fingerprint density at radius 1 is 0.717 bits per heavy atom. The average molecular weight is 912 g/mol. The second-order valence-electron chi connectivity index (χ2n) is 16.2. The number of anilines is 1. The number of allylic oxidation sites excluding steroid dienone is 8. The molecule has 2 fully saturated rings. The van der Waals surface area contributed by atoms with Crippen LogP contribution in [0.1, 0.15) is 82.3 Å². The zero-order valence-corrected chi connectivity index (χ0v) is 36.2. The minimum Gasteiger partial charge on any atom is -0.390 e. The molecular weight excluding hydrogens is 861 g/mol. The molecule has 6 N–H and O–H groups in total. The van der Waals surface area contributed by atoms with E-state index in [1.54, 1.807) is 21.6 Å². The fraction of sp³-hybridized carbons (Fsp3) is 0.475. The fourth-order valence-electron chi connectivity index (χ4n) is 9.55. The Hall–Kier alpha value is -3.57. The Morgan fingerprint density at radius 2 is 1.25 bits per heavy atom. The number of hydrogen-bond donors (Lipinski definition) is 6. The third-order valence-electron chi connectivity index (χ3n) is 11.9. The number of rotatable bonds is 14. The van der Waals surface area contributed by atoms with E-state index in [4.69, 9.17) is 0 Å². The van der Waals surface area contributed by atoms with E-state index in [0.717, 1.165) is 44.1 Å². The topological polar surface area (TPSA) is 264 Å². The molecule has 2 spiro atoms. The standard InChI is InChI=1S/C40H50N2O14S4/c1-28(10-8-12-37-39(18-4-2-5-19-39)33-22-31(59(51,52)53)14-16-35(33)41(37)24-29(43)26-57(45,46)47)11-9-13-38-40(20-6-3-7-21-40)34-23-32(60(54,55)56)15-17-36(34)42(38)25-30(44)27-58(48,49)50/h8-17,22-23,29-30,43-44H,2-7,18-21,24-27H2,1H3,(H3-,45,46,47,48,49,50,51,52,53,54,55,56)/p+1. The van der Waals surface area contributed by atoms with Gasteiger partial charge in [-0.3, -0.25) is 18.2 Å². The smallest absolute Gasteiger partial charge is 0.294 e. The van der Waals surface area contributed by atoms with Crippen molar-refractivity contribution in [2.24, 2.45) is 0 Å². The van der Waals surface area contributed by atoms with Gasteiger partial charge in [-0.15, -0.1) is 0 Å². The maximum Gasteiger partial charge on any atom is 0.294 e. The lowest BCUT2D eigenvalue weighted by Crippen LogP contribution is -2.38. The van der Waals surface area contributed by atoms with Crippen molar-refractivity contribution >= 4 is 57.6 Å². The molecule has 2 saturated carbocycles. The first-order valence-corrected chi connectivity index (χ1v) is 25.7. The van der Waals surface area contributed by atoms with Gasteiger partial charge in [0.1, 0.15) is 17.6 Å². The van der Waals surface area contributed by atoms with Crippen molar-refractivity contribution in [3.05, 3.63) is 95.3 Å². The summed E-state index contributed by atoms with van der Waals surface area (Å²) in [5, 5.41) is 21.6. The number of fused-ring (bicyclic) bond motifs is 4. The summed E-state index contributed by atoms with van der Waals surface area (Å²) in [6, 6.07) is 8.36. The van der Waals surface area contributed by atoms with E-state index in [-0.39, 0.29) is 22.9 Å². The highest BCUT2D eigenvalue weighted by molar-refractivity contribution is 7.86. The molecule has 2 aliphatic carbocycles. The van der Waals surface area contributed by atoms with Gasteiger partial charge in [0.05, 0.1) is 21.3 Å². The lowest BCUT2D eigenvalue weighted by molar-refractivity contribution is -0.448. The molecule has 2 aromatic carbocycles. The largest absolute Gasteiger partial charge is 0.390 e. The number of benzene rings is 2. The second-order valence-corrected chi connectivity index (χ2v) is 22.0. The third kappa shape index (κ3) is 10.0. The molecule has 2 atom stereocenters. The normalized spacial score (nSPS) is 21.4. The highest BCUT2D eigenvalue weighted by atomic mass is 32.2. The van der Waals surface area contributed by atoms with Gasteiger partial charge in [0.15, 0.2) is 12.3 Å². The summed E-state index contributed by atoms with van der Waals surface area (Å²) in [6.07, 6.45) is 15.3. The van der Waals surface area contributed by atoms with Crippen LogP contribution in [0.25, 0.3) is 0 Å². The highest BCUT2D eigenvalue weighted by Gasteiger charge is 2.52. The number of aliphatic hydroxyl groups excluding tert-OH is 2. The zero-order chi connectivity index (χ0) is 43.9. The van der Waals surface area contributed by atoms with Crippen molar-refractivity contribution < 1.29 is 66.7 Å². The van der Waals surface area contributed by atoms with Crippen LogP contribution in [-0.4, -0.2) is 109 Å². The molecule has 2 heterocycles. The molecule has 0 bridgehead atoms. The molecule has 20 heteroatoms. The van der Waals surface area contributed by atoms with Gasteiger partial charge in [-0.05, 0) is 74.6 Å². The summed E-state index contributed by atoms with van der Waals surface area (Å²) < 4.78 is 136. The molecule has 16 nitrogen and oxygen atoms in total. The number of nitrogens with zero attached hydrogens (tertiary/aromatic N) is 2. The predicted octanol–water partition coefficient (Wildman–Crippen LogP) is 4.64. The van der Waals surface area contributed by atoms with Gasteiger partial charge < -0.3 is 15.1 Å². The van der Waals surface area contributed by atoms with E-state index in [9.17, 15) is 62.1 Å². The Balaban J connectivity index is 1.39. The highest BCUT2D eigenvalue weighted by Crippen LogP contribution is 2.56. The number of hydrogen-bond acceptors (Lipinski definition) is 11. The van der Waals surface area contributed by atoms with Crippen molar-refractivity contribution in [3.8, 4) is 0 Å². The molecule has 2 unspecified atom stereocenters. The average Bonchev–Trinajstić information content (AvgIpc) is 3.50. The van der Waals surface area contributed by atoms with Crippen molar-refractivity contribution in [3.63, 3.8) is 0 Å². The molecule has 60 heavy (non-hydrogen) atoms. The molecular formula is C40H51N2O14S4+. The molecule has 4 aliphatic rings. The van der Waals surface area contributed by atoms with Gasteiger partial charge >= 0.3 is 0 Å². The van der Waals surface area contributed by atoms with Crippen LogP contribution < -0.4 is 4.90 Å². The third-order valence-corrected chi connectivity index (χ3v) is 15.3. The lowest BCUT2D eigenvalue weighted by Gasteiger charge is -2.37. The van der Waals surface area contributed by atoms with E-state index in [1.165, 1.54) is 36.4 Å². The van der Waals surface area contributed by atoms with Gasteiger partial charge in [-0.1, -0.05) is 68.4 Å². The molecule has 0 amide bonds. The van der Waals surface area contributed by atoms with Crippen LogP contribution >= 0.6 is 0 Å². The van der Waals surface area contributed by atoms with Crippen LogP contribution in [0.3, 0.4) is 0 Å². The molecule has 0 aromatic heterocycles. The van der Waals surface area contributed by atoms with Crippen LogP contribution in [0.4, 0.5) is 11.4 Å². The maximum absolute atomic E-state index is 12.2. The van der Waals surface area contributed by atoms with Gasteiger partial charge in [0.2, 0.25) is 5.69 Å². The monoisotopic (exact) mass is 911 g/mol. The van der Waals surface area contributed by atoms with Gasteiger partial charge in [-0.2, -0.15) is 38.2 Å². The van der Waals surface area contributed by atoms with Crippen LogP contribution in [0, 0.1) is 0 Å². The minimum atomic E-state index is -4.57. The zero-order valence-electron chi connectivity index (χ0n) is 33.0. The van der Waals surface area contributed by atoms with Crippen molar-refractivity contribution in [1.29, 1.82) is 0 Å². The summed E-state index contributed by atoms with van der Waals surface area (Å²) in [6.45, 7) is 1.36. The Labute approximate surface area is 351 Å². The summed E-state index contributed by atoms with van der Waals surface area (Å²) in [7, 11) is -18.2. The lowest BCUT2D eigenvalue weighted by atomic mass is 9.67. The first-order valence-electron chi connectivity index (χ1n) is 19.6. The Kier molecular flexibility index (Phi) is 13.2. The maximum atomic E-state index is 12.2. The van der Waals surface area contributed by atoms with E-state index < -0.39 is 75.0 Å². The first kappa shape index (κ1) is 45.9. The first-order chi connectivity index (χ1) is 27.9. The molecule has 0 saturated heterocycles. The molecule has 328 valence electrons. The quantitative estimate of drug-likeness (QED) is 0.0857. The van der Waals surface area contributed by atoms with Gasteiger partial charge in [0, 0.05) is 41.1 Å². The van der Waals surface area contributed by atoms with Crippen LogP contribution in [0.5, 0.6) is 0 Å².